The van der Waals surface area contributed by atoms with Crippen molar-refractivity contribution in [1.29, 1.82) is 0 Å². The molecular weight excluding hydrogens is 374 g/mol. The number of Topliss-reactive ketones (excluding diaryl/α,β-unsaturated/α-hetero) is 1. The average Bonchev–Trinajstić information content (AvgIpc) is 3.55. The van der Waals surface area contributed by atoms with Gasteiger partial charge in [0.1, 0.15) is 0 Å². The number of likely N-dealkylation sites (tertiary alicyclic amines) is 1. The number of fused-ring (bicyclic) bond motifs is 1. The Kier molecular flexibility index (Phi) is 5.13. The molecule has 2 aromatic carbocycles. The third-order valence-corrected chi connectivity index (χ3v) is 6.41. The molecule has 1 aliphatic carbocycles. The fourth-order valence-electron chi connectivity index (χ4n) is 4.55. The number of hydrogen-bond donors (Lipinski definition) is 2. The molecule has 2 N–H and O–H groups in total. The smallest absolute Gasteiger partial charge is 0.223 e. The van der Waals surface area contributed by atoms with Gasteiger partial charge in [0.15, 0.2) is 5.78 Å². The second-order valence-electron chi connectivity index (χ2n) is 8.52. The lowest BCUT2D eigenvalue weighted by Crippen LogP contribution is -2.47. The maximum absolute atomic E-state index is 13.7. The number of para-hydroxylation sites is 1. The Hall–Kier alpha value is -2.92. The van der Waals surface area contributed by atoms with Crippen LogP contribution in [0.15, 0.2) is 60.8 Å². The van der Waals surface area contributed by atoms with E-state index in [9.17, 15) is 9.59 Å². The van der Waals surface area contributed by atoms with Gasteiger partial charge in [-0.15, -0.1) is 0 Å². The minimum absolute atomic E-state index is 0.124. The van der Waals surface area contributed by atoms with Gasteiger partial charge >= 0.3 is 0 Å². The van der Waals surface area contributed by atoms with Gasteiger partial charge in [0, 0.05) is 47.7 Å². The summed E-state index contributed by atoms with van der Waals surface area (Å²) in [5.74, 6) is 0.575. The summed E-state index contributed by atoms with van der Waals surface area (Å²) in [6.45, 7) is 1.59. The highest BCUT2D eigenvalue weighted by molar-refractivity contribution is 6.10. The van der Waals surface area contributed by atoms with Gasteiger partial charge in [0.05, 0.1) is 6.04 Å². The summed E-state index contributed by atoms with van der Waals surface area (Å²) < 4.78 is 0. The Balaban J connectivity index is 1.38. The predicted molar refractivity (Wildman–Crippen MR) is 117 cm³/mol. The number of benzene rings is 2. The number of aromatic nitrogens is 1. The van der Waals surface area contributed by atoms with Crippen LogP contribution >= 0.6 is 0 Å². The number of nitrogens with zero attached hydrogens (tertiary/aromatic N) is 1. The molecular formula is C25H27N3O2. The highest BCUT2D eigenvalue weighted by Gasteiger charge is 2.35. The molecule has 1 aliphatic heterocycles. The number of H-pyrrole nitrogens is 1. The van der Waals surface area contributed by atoms with E-state index in [1.54, 1.807) is 0 Å². The number of carbonyl (C=O) groups is 2. The van der Waals surface area contributed by atoms with Gasteiger partial charge in [-0.3, -0.25) is 14.5 Å². The number of aromatic amines is 1. The number of hydrogen-bond acceptors (Lipinski definition) is 3. The first-order valence-corrected chi connectivity index (χ1v) is 10.9. The third kappa shape index (κ3) is 3.77. The molecule has 5 rings (SSSR count). The van der Waals surface area contributed by atoms with E-state index in [1.807, 2.05) is 60.8 Å². The molecule has 5 heteroatoms. The van der Waals surface area contributed by atoms with Gasteiger partial charge in [-0.25, -0.2) is 0 Å². The monoisotopic (exact) mass is 401 g/mol. The fourth-order valence-corrected chi connectivity index (χ4v) is 4.55. The molecule has 1 aromatic heterocycles. The predicted octanol–water partition coefficient (Wildman–Crippen LogP) is 4.08. The second kappa shape index (κ2) is 8.07. The number of carbonyl (C=O) groups excluding carboxylic acids is 2. The second-order valence-corrected chi connectivity index (χ2v) is 8.52. The first-order valence-electron chi connectivity index (χ1n) is 10.9. The molecule has 154 valence electrons. The van der Waals surface area contributed by atoms with Crippen LogP contribution in [0.1, 0.15) is 47.6 Å². The number of piperidine rings is 1. The van der Waals surface area contributed by atoms with Gasteiger partial charge in [0.25, 0.3) is 0 Å². The summed E-state index contributed by atoms with van der Waals surface area (Å²) in [6.07, 6.45) is 5.65. The van der Waals surface area contributed by atoms with Gasteiger partial charge in [0.2, 0.25) is 5.91 Å². The molecule has 2 heterocycles. The molecule has 3 aromatic rings. The zero-order valence-electron chi connectivity index (χ0n) is 17.0. The van der Waals surface area contributed by atoms with Gasteiger partial charge in [-0.05, 0) is 37.3 Å². The standard InChI is InChI=1S/C25H27N3O2/c29-24(21-16-26-22-9-5-4-8-20(21)22)23(17-6-2-1-3-7-17)28-14-12-19(13-15-28)27-25(30)18-10-11-18/h1-9,16,18-19,23,26H,10-15H2,(H,27,30). The highest BCUT2D eigenvalue weighted by Crippen LogP contribution is 2.32. The molecule has 2 aliphatic rings. The SMILES string of the molecule is O=C(NC1CCN(C(C(=O)c2c[nH]c3ccccc23)c2ccccc2)CC1)C1CC1. The van der Waals surface area contributed by atoms with Crippen molar-refractivity contribution in [2.24, 2.45) is 5.92 Å². The summed E-state index contributed by atoms with van der Waals surface area (Å²) in [4.78, 5) is 31.4. The summed E-state index contributed by atoms with van der Waals surface area (Å²) in [5.41, 5.74) is 2.74. The number of rotatable bonds is 6. The summed E-state index contributed by atoms with van der Waals surface area (Å²) in [5, 5.41) is 4.17. The van der Waals surface area contributed by atoms with Crippen LogP contribution in [0.3, 0.4) is 0 Å². The van der Waals surface area contributed by atoms with E-state index in [4.69, 9.17) is 0 Å². The minimum atomic E-state index is -0.314. The largest absolute Gasteiger partial charge is 0.360 e. The van der Waals surface area contributed by atoms with Crippen molar-refractivity contribution < 1.29 is 9.59 Å². The van der Waals surface area contributed by atoms with E-state index < -0.39 is 0 Å². The maximum atomic E-state index is 13.7. The Bertz CT molecular complexity index is 1050. The van der Waals surface area contributed by atoms with Crippen molar-refractivity contribution in [3.05, 3.63) is 71.9 Å². The molecule has 0 bridgehead atoms. The molecule has 30 heavy (non-hydrogen) atoms. The van der Waals surface area contributed by atoms with Crippen molar-refractivity contribution in [2.45, 2.75) is 37.8 Å². The molecule has 1 saturated heterocycles. The van der Waals surface area contributed by atoms with Crippen molar-refractivity contribution in [2.75, 3.05) is 13.1 Å². The molecule has 1 atom stereocenters. The van der Waals surface area contributed by atoms with Crippen molar-refractivity contribution >= 4 is 22.6 Å². The molecule has 1 saturated carbocycles. The van der Waals surface area contributed by atoms with E-state index in [1.165, 1.54) is 0 Å². The summed E-state index contributed by atoms with van der Waals surface area (Å²) in [7, 11) is 0. The lowest BCUT2D eigenvalue weighted by molar-refractivity contribution is -0.123. The Morgan fingerprint density at radius 2 is 1.63 bits per heavy atom. The fraction of sp³-hybridized carbons (Fsp3) is 0.360. The third-order valence-electron chi connectivity index (χ3n) is 6.41. The molecule has 1 amide bonds. The van der Waals surface area contributed by atoms with Crippen LogP contribution in [0.4, 0.5) is 0 Å². The van der Waals surface area contributed by atoms with Crippen molar-refractivity contribution in [1.82, 2.24) is 15.2 Å². The van der Waals surface area contributed by atoms with Gasteiger partial charge < -0.3 is 10.3 Å². The van der Waals surface area contributed by atoms with E-state index in [-0.39, 0.29) is 29.7 Å². The maximum Gasteiger partial charge on any atom is 0.223 e. The van der Waals surface area contributed by atoms with E-state index in [0.29, 0.717) is 0 Å². The van der Waals surface area contributed by atoms with E-state index in [0.717, 1.165) is 60.8 Å². The molecule has 5 nitrogen and oxygen atoms in total. The Morgan fingerprint density at radius 1 is 0.933 bits per heavy atom. The molecule has 0 radical (unpaired) electrons. The highest BCUT2D eigenvalue weighted by atomic mass is 16.2. The van der Waals surface area contributed by atoms with Gasteiger partial charge in [-0.2, -0.15) is 0 Å². The summed E-state index contributed by atoms with van der Waals surface area (Å²) in [6, 6.07) is 17.9. The first-order chi connectivity index (χ1) is 14.7. The lowest BCUT2D eigenvalue weighted by atomic mass is 9.93. The molecule has 1 unspecified atom stereocenters. The van der Waals surface area contributed by atoms with Crippen LogP contribution in [0.25, 0.3) is 10.9 Å². The van der Waals surface area contributed by atoms with Crippen LogP contribution in [-0.2, 0) is 4.79 Å². The zero-order chi connectivity index (χ0) is 20.5. The zero-order valence-corrected chi connectivity index (χ0v) is 17.0. The van der Waals surface area contributed by atoms with E-state index in [2.05, 4.69) is 15.2 Å². The molecule has 2 fully saturated rings. The minimum Gasteiger partial charge on any atom is -0.360 e. The van der Waals surface area contributed by atoms with Crippen molar-refractivity contribution in [3.8, 4) is 0 Å². The molecule has 0 spiro atoms. The number of amides is 1. The van der Waals surface area contributed by atoms with E-state index >= 15 is 0 Å². The van der Waals surface area contributed by atoms with Crippen LogP contribution in [0, 0.1) is 5.92 Å². The quantitative estimate of drug-likeness (QED) is 0.612. The van der Waals surface area contributed by atoms with Crippen LogP contribution < -0.4 is 5.32 Å². The van der Waals surface area contributed by atoms with Crippen LogP contribution in [-0.4, -0.2) is 40.7 Å². The van der Waals surface area contributed by atoms with Crippen LogP contribution in [0.5, 0.6) is 0 Å². The van der Waals surface area contributed by atoms with Crippen LogP contribution in [0.2, 0.25) is 0 Å². The lowest BCUT2D eigenvalue weighted by Gasteiger charge is -2.37. The average molecular weight is 402 g/mol. The first kappa shape index (κ1) is 19.1. The van der Waals surface area contributed by atoms with Crippen molar-refractivity contribution in [3.63, 3.8) is 0 Å². The summed E-state index contributed by atoms with van der Waals surface area (Å²) >= 11 is 0. The Morgan fingerprint density at radius 3 is 2.37 bits per heavy atom. The number of nitrogens with one attached hydrogen (secondary N) is 2. The normalized spacial score (nSPS) is 18.9. The topological polar surface area (TPSA) is 65.2 Å². The number of ketones is 1. The Labute approximate surface area is 176 Å². The van der Waals surface area contributed by atoms with Gasteiger partial charge in [-0.1, -0.05) is 48.5 Å².